The fourth-order valence-electron chi connectivity index (χ4n) is 6.60. The van der Waals surface area contributed by atoms with Gasteiger partial charge in [-0.1, -0.05) is 82.4 Å². The molecular formula is C37H32Cl6N3O14P. The van der Waals surface area contributed by atoms with Gasteiger partial charge in [-0.3, -0.25) is 33.0 Å². The number of H-pyrrole nitrogens is 1. The molecule has 1 fully saturated rings. The first-order valence-electron chi connectivity index (χ1n) is 18.0. The van der Waals surface area contributed by atoms with Crippen molar-refractivity contribution in [1.82, 2.24) is 14.9 Å². The highest BCUT2D eigenvalue weighted by molar-refractivity contribution is 7.47. The van der Waals surface area contributed by atoms with Gasteiger partial charge in [-0.05, 0) is 38.0 Å². The van der Waals surface area contributed by atoms with Crippen molar-refractivity contribution < 1.29 is 52.6 Å². The zero-order valence-electron chi connectivity index (χ0n) is 31.2. The number of ether oxygens (including phenoxy) is 1. The highest BCUT2D eigenvalue weighted by Crippen LogP contribution is 2.52. The van der Waals surface area contributed by atoms with E-state index in [4.69, 9.17) is 87.8 Å². The number of hydrogen-bond donors (Lipinski definition) is 6. The number of aromatic nitrogens is 2. The monoisotopic (exact) mass is 983 g/mol. The Morgan fingerprint density at radius 3 is 2.36 bits per heavy atom. The number of unbranched alkanes of at least 4 members (excludes halogenated alkanes) is 3. The van der Waals surface area contributed by atoms with Gasteiger partial charge in [0.2, 0.25) is 5.43 Å². The van der Waals surface area contributed by atoms with Crippen LogP contribution in [0.4, 0.5) is 0 Å². The van der Waals surface area contributed by atoms with E-state index in [9.17, 15) is 48.8 Å². The molecular weight excluding hydrogens is 954 g/mol. The number of hydrogen-bond acceptors (Lipinski definition) is 12. The number of aromatic hydroxyl groups is 1. The van der Waals surface area contributed by atoms with Gasteiger partial charge in [-0.15, -0.1) is 0 Å². The Kier molecular flexibility index (Phi) is 14.6. The second-order valence-electron chi connectivity index (χ2n) is 13.7. The normalized spacial score (nSPS) is 17.6. The molecule has 1 aromatic heterocycles. The molecule has 61 heavy (non-hydrogen) atoms. The molecule has 0 spiro atoms. The van der Waals surface area contributed by atoms with Gasteiger partial charge >= 0.3 is 19.5 Å². The van der Waals surface area contributed by atoms with Crippen molar-refractivity contribution in [3.63, 3.8) is 0 Å². The summed E-state index contributed by atoms with van der Waals surface area (Å²) in [4.78, 5) is 75.1. The Hall–Kier alpha value is -3.68. The molecule has 6 rings (SSSR count). The fraction of sp³-hybridized carbons (Fsp3) is 0.324. The van der Waals surface area contributed by atoms with E-state index in [1.807, 2.05) is 0 Å². The number of nitrogens with one attached hydrogen (secondary N) is 2. The Bertz CT molecular complexity index is 2780. The number of benzene rings is 3. The van der Waals surface area contributed by atoms with Gasteiger partial charge in [0.05, 0.1) is 50.5 Å². The summed E-state index contributed by atoms with van der Waals surface area (Å²) < 4.78 is 35.1. The minimum Gasteiger partial charge on any atom is -0.505 e. The Balaban J connectivity index is 1.08. The average molecular weight is 986 g/mol. The molecule has 1 saturated heterocycles. The lowest BCUT2D eigenvalue weighted by Crippen LogP contribution is -2.33. The third kappa shape index (κ3) is 9.78. The van der Waals surface area contributed by atoms with Gasteiger partial charge < -0.3 is 34.7 Å². The number of aliphatic hydroxyl groups is 1. The SMILES string of the molecule is Cc1cn([C@H]2C[C@@H](O)[C@@H](COP(=O)(O)OCCCCCCNC(=O)c3cc(Cl)c(C(=O)O)c(-c4c5cc(Cl)c(=O)c(Cl)c-5oc5c(Cl)c(O)c(Cl)cc45)c3Cl)O2)c(=O)[nH]c1=O. The summed E-state index contributed by atoms with van der Waals surface area (Å²) in [7, 11) is -4.56. The highest BCUT2D eigenvalue weighted by atomic mass is 35.5. The predicted molar refractivity (Wildman–Crippen MR) is 226 cm³/mol. The number of aromatic carboxylic acids is 1. The van der Waals surface area contributed by atoms with E-state index < -0.39 is 87.8 Å². The van der Waals surface area contributed by atoms with Crippen LogP contribution in [0.25, 0.3) is 33.4 Å². The standard InChI is InChI=1S/C37H32Cl6N3O14P/c1-14-12-46(37(54)45-34(14)50)23-11-21(47)22(59-23)13-58-61(55,56)57-7-5-3-2-4-6-44-35(51)17-10-18(38)25(36(52)53)26(27(17)41)24-15-8-19(39)30(48)28(42)32(15)60-33-16(24)9-20(40)31(49)29(33)43/h8-10,12,21-23,47-48H,2-7,11,13H2,1H3,(H,44,51)(H,52,53)(H,55,56)(H,45,50,54)/t21-,22-,23-/m1/s1. The quantitative estimate of drug-likeness (QED) is 0.0332. The number of halogens is 6. The number of phenolic OH excluding ortho intramolecular Hbond substituents is 1. The molecule has 2 aliphatic heterocycles. The number of phenols is 1. The zero-order valence-corrected chi connectivity index (χ0v) is 36.7. The maximum absolute atomic E-state index is 13.5. The number of amides is 1. The molecule has 3 aliphatic rings. The van der Waals surface area contributed by atoms with Crippen LogP contribution in [-0.4, -0.2) is 73.6 Å². The molecule has 17 nitrogen and oxygen atoms in total. The smallest absolute Gasteiger partial charge is 0.472 e. The summed E-state index contributed by atoms with van der Waals surface area (Å²) >= 11 is 38.6. The average Bonchev–Trinajstić information content (AvgIpc) is 3.57. The van der Waals surface area contributed by atoms with Crippen molar-refractivity contribution >= 4 is 100 Å². The molecule has 0 radical (unpaired) electrons. The third-order valence-corrected chi connectivity index (χ3v) is 12.6. The summed E-state index contributed by atoms with van der Waals surface area (Å²) in [5, 5.41) is 31.6. The molecule has 4 atom stereocenters. The van der Waals surface area contributed by atoms with E-state index in [2.05, 4.69) is 10.3 Å². The Morgan fingerprint density at radius 2 is 1.66 bits per heavy atom. The van der Waals surface area contributed by atoms with Crippen LogP contribution in [0.2, 0.25) is 30.1 Å². The fourth-order valence-corrected chi connectivity index (χ4v) is 8.97. The summed E-state index contributed by atoms with van der Waals surface area (Å²) in [5.74, 6) is -3.18. The van der Waals surface area contributed by atoms with Crippen molar-refractivity contribution in [2.75, 3.05) is 19.8 Å². The van der Waals surface area contributed by atoms with Crippen molar-refractivity contribution in [3.8, 4) is 28.2 Å². The van der Waals surface area contributed by atoms with Crippen molar-refractivity contribution in [2.45, 2.75) is 57.5 Å². The predicted octanol–water partition coefficient (Wildman–Crippen LogP) is 7.82. The van der Waals surface area contributed by atoms with Crippen molar-refractivity contribution in [2.24, 2.45) is 0 Å². The highest BCUT2D eigenvalue weighted by Gasteiger charge is 2.38. The summed E-state index contributed by atoms with van der Waals surface area (Å²) in [5.41, 5.74) is -3.36. The van der Waals surface area contributed by atoms with Crippen LogP contribution in [0.5, 0.6) is 5.75 Å². The van der Waals surface area contributed by atoms with Crippen LogP contribution >= 0.6 is 77.4 Å². The van der Waals surface area contributed by atoms with E-state index in [0.29, 0.717) is 25.7 Å². The van der Waals surface area contributed by atoms with E-state index >= 15 is 0 Å². The summed E-state index contributed by atoms with van der Waals surface area (Å²) in [6, 6.07) is 3.44. The second kappa shape index (κ2) is 19.0. The summed E-state index contributed by atoms with van der Waals surface area (Å²) in [6.45, 7) is 0.907. The maximum Gasteiger partial charge on any atom is 0.472 e. The molecule has 1 amide bonds. The van der Waals surface area contributed by atoms with Crippen molar-refractivity contribution in [3.05, 3.63) is 102 Å². The number of carbonyl (C=O) groups is 2. The lowest BCUT2D eigenvalue weighted by Gasteiger charge is -2.21. The number of phosphoric acid groups is 1. The van der Waals surface area contributed by atoms with E-state index in [0.717, 1.165) is 16.7 Å². The number of carboxylic acid groups (broad SMARTS) is 1. The first-order chi connectivity index (χ1) is 28.7. The number of fused-ring (bicyclic) bond motifs is 2. The number of aromatic amines is 1. The van der Waals surface area contributed by atoms with Gasteiger partial charge in [-0.25, -0.2) is 14.2 Å². The molecule has 1 unspecified atom stereocenters. The number of aliphatic hydroxyl groups excluding tert-OH is 1. The van der Waals surface area contributed by atoms with Crippen molar-refractivity contribution in [1.29, 1.82) is 0 Å². The number of phosphoric ester groups is 1. The van der Waals surface area contributed by atoms with Crippen LogP contribution in [-0.2, 0) is 18.3 Å². The van der Waals surface area contributed by atoms with Gasteiger partial charge in [0.15, 0.2) is 17.1 Å². The first-order valence-corrected chi connectivity index (χ1v) is 21.8. The molecule has 3 heterocycles. The van der Waals surface area contributed by atoms with E-state index in [-0.39, 0.29) is 79.2 Å². The number of nitrogens with zero attached hydrogens (tertiary/aromatic N) is 1. The molecule has 24 heteroatoms. The molecule has 1 aliphatic carbocycles. The minimum absolute atomic E-state index is 0.00899. The van der Waals surface area contributed by atoms with Gasteiger partial charge in [0.1, 0.15) is 22.4 Å². The minimum atomic E-state index is -4.56. The van der Waals surface area contributed by atoms with Crippen LogP contribution in [0.1, 0.15) is 64.6 Å². The lowest BCUT2D eigenvalue weighted by molar-refractivity contribution is -0.0465. The topological polar surface area (TPSA) is 257 Å². The molecule has 2 aromatic carbocycles. The van der Waals surface area contributed by atoms with Gasteiger partial charge in [0.25, 0.3) is 11.5 Å². The molecule has 6 N–H and O–H groups in total. The molecule has 326 valence electrons. The zero-order chi connectivity index (χ0) is 44.7. The molecule has 3 aromatic rings. The van der Waals surface area contributed by atoms with Crippen LogP contribution in [0.3, 0.4) is 0 Å². The maximum atomic E-state index is 13.5. The largest absolute Gasteiger partial charge is 0.505 e. The molecule has 0 bridgehead atoms. The van der Waals surface area contributed by atoms with Gasteiger partial charge in [0, 0.05) is 46.8 Å². The number of rotatable bonds is 15. The molecule has 0 saturated carbocycles. The Labute approximate surface area is 373 Å². The number of carboxylic acids is 1. The Morgan fingerprint density at radius 1 is 0.951 bits per heavy atom. The number of aryl methyl sites for hydroxylation is 1. The third-order valence-electron chi connectivity index (χ3n) is 9.62. The van der Waals surface area contributed by atoms with Crippen LogP contribution in [0.15, 0.2) is 43.2 Å². The van der Waals surface area contributed by atoms with E-state index in [1.54, 1.807) is 0 Å². The van der Waals surface area contributed by atoms with Gasteiger partial charge in [-0.2, -0.15) is 0 Å². The lowest BCUT2D eigenvalue weighted by atomic mass is 9.89. The first kappa shape index (κ1) is 46.8. The summed E-state index contributed by atoms with van der Waals surface area (Å²) in [6.07, 6.45) is -0.146. The van der Waals surface area contributed by atoms with E-state index in [1.165, 1.54) is 19.2 Å². The number of carbonyl (C=O) groups excluding carboxylic acids is 1. The van der Waals surface area contributed by atoms with Crippen LogP contribution < -0.4 is 22.0 Å². The van der Waals surface area contributed by atoms with Crippen LogP contribution in [0, 0.1) is 6.92 Å². The second-order valence-corrected chi connectivity index (χ2v) is 17.5.